The number of amides is 1. The van der Waals surface area contributed by atoms with Gasteiger partial charge in [0.05, 0.1) is 22.0 Å². The molecular weight excluding hydrogens is 446 g/mol. The minimum Gasteiger partial charge on any atom is -0.341 e. The molecular formula is C22H25N5O3S2. The molecule has 0 saturated carbocycles. The number of nitrogens with zero attached hydrogens (tertiary/aromatic N) is 4. The van der Waals surface area contributed by atoms with Crippen LogP contribution in [0, 0.1) is 0 Å². The Balaban J connectivity index is 1.54. The molecule has 1 fully saturated rings. The first-order chi connectivity index (χ1) is 15.4. The molecule has 168 valence electrons. The summed E-state index contributed by atoms with van der Waals surface area (Å²) >= 11 is 1.27. The Kier molecular flexibility index (Phi) is 6.80. The Morgan fingerprint density at radius 3 is 2.41 bits per heavy atom. The predicted octanol–water partition coefficient (Wildman–Crippen LogP) is 3.39. The lowest BCUT2D eigenvalue weighted by Crippen LogP contribution is -2.31. The molecule has 0 spiro atoms. The van der Waals surface area contributed by atoms with Gasteiger partial charge in [-0.2, -0.15) is 0 Å². The van der Waals surface area contributed by atoms with Crippen molar-refractivity contribution in [3.63, 3.8) is 0 Å². The van der Waals surface area contributed by atoms with Crippen molar-refractivity contribution in [2.24, 2.45) is 0 Å². The average Bonchev–Trinajstić information content (AvgIpc) is 3.22. The third kappa shape index (κ3) is 5.13. The van der Waals surface area contributed by atoms with Crippen molar-refractivity contribution < 1.29 is 13.2 Å². The van der Waals surface area contributed by atoms with Gasteiger partial charge in [0, 0.05) is 19.3 Å². The fraction of sp³-hybridized carbons (Fsp3) is 0.318. The molecule has 1 saturated heterocycles. The van der Waals surface area contributed by atoms with Gasteiger partial charge in [0.2, 0.25) is 11.9 Å². The normalized spacial score (nSPS) is 14.3. The van der Waals surface area contributed by atoms with Gasteiger partial charge in [-0.1, -0.05) is 42.1 Å². The molecule has 10 heteroatoms. The van der Waals surface area contributed by atoms with Crippen LogP contribution < -0.4 is 10.2 Å². The molecule has 32 heavy (non-hydrogen) atoms. The number of para-hydroxylation sites is 2. The van der Waals surface area contributed by atoms with Crippen molar-refractivity contribution in [2.45, 2.75) is 29.3 Å². The van der Waals surface area contributed by atoms with Crippen molar-refractivity contribution in [1.29, 1.82) is 0 Å². The minimum atomic E-state index is -3.45. The average molecular weight is 472 g/mol. The second-order valence-corrected chi connectivity index (χ2v) is 10.5. The Labute approximate surface area is 192 Å². The van der Waals surface area contributed by atoms with Gasteiger partial charge in [-0.05, 0) is 43.5 Å². The van der Waals surface area contributed by atoms with Crippen molar-refractivity contribution in [1.82, 2.24) is 14.8 Å². The molecule has 0 aliphatic carbocycles. The highest BCUT2D eigenvalue weighted by Gasteiger charge is 2.22. The van der Waals surface area contributed by atoms with Gasteiger partial charge in [-0.15, -0.1) is 10.2 Å². The van der Waals surface area contributed by atoms with E-state index >= 15 is 0 Å². The number of thioether (sulfide) groups is 1. The number of anilines is 2. The van der Waals surface area contributed by atoms with Crippen molar-refractivity contribution in [3.05, 3.63) is 54.6 Å². The van der Waals surface area contributed by atoms with E-state index in [1.54, 1.807) is 18.2 Å². The summed E-state index contributed by atoms with van der Waals surface area (Å²) in [7, 11) is -3.45. The number of rotatable bonds is 7. The molecule has 4 rings (SSSR count). The first-order valence-corrected chi connectivity index (χ1v) is 13.3. The smallest absolute Gasteiger partial charge is 0.234 e. The van der Waals surface area contributed by atoms with Gasteiger partial charge in [-0.3, -0.25) is 9.36 Å². The zero-order chi connectivity index (χ0) is 22.6. The summed E-state index contributed by atoms with van der Waals surface area (Å²) in [6.07, 6.45) is 4.57. The maximum absolute atomic E-state index is 12.6. The maximum atomic E-state index is 12.6. The van der Waals surface area contributed by atoms with E-state index in [9.17, 15) is 13.2 Å². The van der Waals surface area contributed by atoms with Gasteiger partial charge in [-0.25, -0.2) is 8.42 Å². The second-order valence-electron chi connectivity index (χ2n) is 7.61. The van der Waals surface area contributed by atoms with Crippen LogP contribution in [0.25, 0.3) is 5.69 Å². The number of carbonyl (C=O) groups excluding carboxylic acids is 1. The SMILES string of the molecule is CS(=O)(=O)c1ccccc1NC(=O)CSc1nnc(N2CCCCC2)n1-c1ccccc1. The largest absolute Gasteiger partial charge is 0.341 e. The summed E-state index contributed by atoms with van der Waals surface area (Å²) in [5.41, 5.74) is 1.21. The first kappa shape index (κ1) is 22.3. The molecule has 8 nitrogen and oxygen atoms in total. The lowest BCUT2D eigenvalue weighted by atomic mass is 10.1. The van der Waals surface area contributed by atoms with E-state index in [0.717, 1.165) is 43.8 Å². The molecule has 0 atom stereocenters. The van der Waals surface area contributed by atoms with Crippen LogP contribution in [-0.2, 0) is 14.6 Å². The van der Waals surface area contributed by atoms with Crippen molar-refractivity contribution in [2.75, 3.05) is 35.3 Å². The van der Waals surface area contributed by atoms with Crippen LogP contribution in [0.5, 0.6) is 0 Å². The van der Waals surface area contributed by atoms with Gasteiger partial charge < -0.3 is 10.2 Å². The Morgan fingerprint density at radius 1 is 1.00 bits per heavy atom. The summed E-state index contributed by atoms with van der Waals surface area (Å²) in [6, 6.07) is 16.2. The topological polar surface area (TPSA) is 97.2 Å². The number of hydrogen-bond acceptors (Lipinski definition) is 7. The van der Waals surface area contributed by atoms with E-state index in [1.807, 2.05) is 34.9 Å². The summed E-state index contributed by atoms with van der Waals surface area (Å²) in [4.78, 5) is 15.0. The number of sulfone groups is 1. The summed E-state index contributed by atoms with van der Waals surface area (Å²) in [5.74, 6) is 0.540. The fourth-order valence-corrected chi connectivity index (χ4v) is 5.26. The number of hydrogen-bond donors (Lipinski definition) is 1. The Hall–Kier alpha value is -2.85. The number of nitrogens with one attached hydrogen (secondary N) is 1. The summed E-state index contributed by atoms with van der Waals surface area (Å²) in [5, 5.41) is 12.1. The van der Waals surface area contributed by atoms with Crippen molar-refractivity contribution in [3.8, 4) is 5.69 Å². The van der Waals surface area contributed by atoms with E-state index in [1.165, 1.54) is 24.2 Å². The minimum absolute atomic E-state index is 0.0725. The van der Waals surface area contributed by atoms with E-state index < -0.39 is 9.84 Å². The van der Waals surface area contributed by atoms with Crippen LogP contribution in [-0.4, -0.2) is 54.2 Å². The predicted molar refractivity (Wildman–Crippen MR) is 126 cm³/mol. The third-order valence-corrected chi connectivity index (χ3v) is 7.25. The van der Waals surface area contributed by atoms with Crippen LogP contribution >= 0.6 is 11.8 Å². The highest BCUT2D eigenvalue weighted by molar-refractivity contribution is 7.99. The maximum Gasteiger partial charge on any atom is 0.234 e. The Morgan fingerprint density at radius 2 is 1.69 bits per heavy atom. The van der Waals surface area contributed by atoms with Crippen molar-refractivity contribution >= 4 is 39.1 Å². The van der Waals surface area contributed by atoms with Crippen LogP contribution in [0.15, 0.2) is 64.6 Å². The highest BCUT2D eigenvalue weighted by Crippen LogP contribution is 2.28. The van der Waals surface area contributed by atoms with E-state index in [2.05, 4.69) is 20.4 Å². The number of piperidine rings is 1. The number of aromatic nitrogens is 3. The lowest BCUT2D eigenvalue weighted by molar-refractivity contribution is -0.113. The second kappa shape index (κ2) is 9.74. The summed E-state index contributed by atoms with van der Waals surface area (Å²) < 4.78 is 26.0. The van der Waals surface area contributed by atoms with Gasteiger partial charge in [0.15, 0.2) is 15.0 Å². The van der Waals surface area contributed by atoms with E-state index in [-0.39, 0.29) is 22.2 Å². The van der Waals surface area contributed by atoms with E-state index in [0.29, 0.717) is 5.16 Å². The molecule has 1 aliphatic rings. The van der Waals surface area contributed by atoms with Crippen LogP contribution in [0.4, 0.5) is 11.6 Å². The van der Waals surface area contributed by atoms with Crippen LogP contribution in [0.1, 0.15) is 19.3 Å². The zero-order valence-electron chi connectivity index (χ0n) is 17.8. The monoisotopic (exact) mass is 471 g/mol. The molecule has 0 unspecified atom stereocenters. The zero-order valence-corrected chi connectivity index (χ0v) is 19.4. The third-order valence-electron chi connectivity index (χ3n) is 5.16. The molecule has 1 N–H and O–H groups in total. The number of carbonyl (C=O) groups is 1. The number of benzene rings is 2. The summed E-state index contributed by atoms with van der Waals surface area (Å²) in [6.45, 7) is 1.86. The molecule has 3 aromatic rings. The molecule has 2 aromatic carbocycles. The van der Waals surface area contributed by atoms with Crippen LogP contribution in [0.3, 0.4) is 0 Å². The van der Waals surface area contributed by atoms with Gasteiger partial charge in [0.1, 0.15) is 0 Å². The standard InChI is InChI=1S/C22H25N5O3S2/c1-32(29,30)19-13-7-6-12-18(19)23-20(28)16-31-22-25-24-21(26-14-8-3-9-15-26)27(22)17-10-4-2-5-11-17/h2,4-7,10-13H,3,8-9,14-16H2,1H3,(H,23,28). The first-order valence-electron chi connectivity index (χ1n) is 10.4. The molecule has 1 amide bonds. The quantitative estimate of drug-likeness (QED) is 0.528. The fourth-order valence-electron chi connectivity index (χ4n) is 3.67. The molecule has 1 aromatic heterocycles. The Bertz CT molecular complexity index is 1190. The highest BCUT2D eigenvalue weighted by atomic mass is 32.2. The van der Waals surface area contributed by atoms with Gasteiger partial charge >= 0.3 is 0 Å². The molecule has 0 radical (unpaired) electrons. The lowest BCUT2D eigenvalue weighted by Gasteiger charge is -2.27. The van der Waals surface area contributed by atoms with Crippen LogP contribution in [0.2, 0.25) is 0 Å². The molecule has 1 aliphatic heterocycles. The van der Waals surface area contributed by atoms with Gasteiger partial charge in [0.25, 0.3) is 0 Å². The molecule has 2 heterocycles. The molecule has 0 bridgehead atoms. The van der Waals surface area contributed by atoms with E-state index in [4.69, 9.17) is 0 Å².